The van der Waals surface area contributed by atoms with Crippen molar-refractivity contribution in [3.05, 3.63) is 28.2 Å². The normalized spacial score (nSPS) is 12.5. The summed E-state index contributed by atoms with van der Waals surface area (Å²) in [4.78, 5) is 0. The van der Waals surface area contributed by atoms with Gasteiger partial charge in [0.2, 0.25) is 0 Å². The molecule has 0 radical (unpaired) electrons. The smallest absolute Gasteiger partial charge is 0.138 e. The van der Waals surface area contributed by atoms with Gasteiger partial charge in [0.05, 0.1) is 11.1 Å². The predicted octanol–water partition coefficient (Wildman–Crippen LogP) is 3.50. The number of benzene rings is 1. The molecule has 0 bridgehead atoms. The van der Waals surface area contributed by atoms with Gasteiger partial charge in [-0.3, -0.25) is 0 Å². The van der Waals surface area contributed by atoms with Gasteiger partial charge in [0, 0.05) is 5.02 Å². The fourth-order valence-corrected chi connectivity index (χ4v) is 1.70. The van der Waals surface area contributed by atoms with E-state index in [4.69, 9.17) is 33.7 Å². The molecule has 0 saturated heterocycles. The van der Waals surface area contributed by atoms with E-state index in [1.54, 1.807) is 18.2 Å². The lowest BCUT2D eigenvalue weighted by Crippen LogP contribution is -2.14. The minimum atomic E-state index is 0.118. The third kappa shape index (κ3) is 4.29. The Kier molecular flexibility index (Phi) is 5.23. The second-order valence-corrected chi connectivity index (χ2v) is 4.28. The van der Waals surface area contributed by atoms with E-state index < -0.39 is 0 Å². The molecule has 2 nitrogen and oxygen atoms in total. The van der Waals surface area contributed by atoms with Gasteiger partial charge < -0.3 is 10.5 Å². The van der Waals surface area contributed by atoms with Crippen LogP contribution in [-0.4, -0.2) is 12.6 Å². The van der Waals surface area contributed by atoms with Crippen LogP contribution in [0.2, 0.25) is 10.0 Å². The van der Waals surface area contributed by atoms with Gasteiger partial charge >= 0.3 is 0 Å². The maximum atomic E-state index is 5.97. The van der Waals surface area contributed by atoms with Crippen LogP contribution in [0.4, 0.5) is 0 Å². The molecule has 1 rings (SSSR count). The molecule has 0 aliphatic rings. The van der Waals surface area contributed by atoms with Gasteiger partial charge in [-0.2, -0.15) is 0 Å². The summed E-state index contributed by atoms with van der Waals surface area (Å²) in [7, 11) is 0. The third-order valence-corrected chi connectivity index (χ3v) is 2.57. The Balaban J connectivity index is 2.56. The minimum absolute atomic E-state index is 0.118. The van der Waals surface area contributed by atoms with Crippen molar-refractivity contribution in [2.45, 2.75) is 25.9 Å². The third-order valence-electron chi connectivity index (χ3n) is 2.04. The number of rotatable bonds is 5. The molecule has 1 atom stereocenters. The van der Waals surface area contributed by atoms with Crippen LogP contribution in [0.3, 0.4) is 0 Å². The molecule has 0 aromatic heterocycles. The highest BCUT2D eigenvalue weighted by molar-refractivity contribution is 6.35. The van der Waals surface area contributed by atoms with Crippen LogP contribution in [0.1, 0.15) is 19.8 Å². The predicted molar refractivity (Wildman–Crippen MR) is 64.8 cm³/mol. The van der Waals surface area contributed by atoms with Crippen molar-refractivity contribution in [2.75, 3.05) is 6.54 Å². The number of hydrogen-bond donors (Lipinski definition) is 1. The molecule has 1 unspecified atom stereocenters. The molecule has 1 aromatic rings. The van der Waals surface area contributed by atoms with Crippen molar-refractivity contribution < 1.29 is 4.74 Å². The van der Waals surface area contributed by atoms with Crippen LogP contribution in [0, 0.1) is 0 Å². The first-order valence-electron chi connectivity index (χ1n) is 4.95. The Hall–Kier alpha value is -0.440. The molecule has 0 aliphatic heterocycles. The van der Waals surface area contributed by atoms with Crippen LogP contribution >= 0.6 is 23.2 Å². The maximum absolute atomic E-state index is 5.97. The summed E-state index contributed by atoms with van der Waals surface area (Å²) in [6.07, 6.45) is 1.99. The summed E-state index contributed by atoms with van der Waals surface area (Å²) in [6, 6.07) is 5.22. The highest BCUT2D eigenvalue weighted by Crippen LogP contribution is 2.28. The molecular weight excluding hydrogens is 233 g/mol. The Bertz CT molecular complexity index is 317. The maximum Gasteiger partial charge on any atom is 0.138 e. The van der Waals surface area contributed by atoms with Gasteiger partial charge in [-0.1, -0.05) is 23.2 Å². The summed E-state index contributed by atoms with van der Waals surface area (Å²) in [5, 5.41) is 1.16. The van der Waals surface area contributed by atoms with Crippen LogP contribution in [0.25, 0.3) is 0 Å². The average molecular weight is 248 g/mol. The number of nitrogens with two attached hydrogens (primary N) is 1. The van der Waals surface area contributed by atoms with Gasteiger partial charge in [0.1, 0.15) is 5.75 Å². The average Bonchev–Trinajstić information content (AvgIpc) is 2.19. The van der Waals surface area contributed by atoms with Gasteiger partial charge in [0.25, 0.3) is 0 Å². The molecule has 0 amide bonds. The molecule has 0 aliphatic carbocycles. The summed E-state index contributed by atoms with van der Waals surface area (Å²) < 4.78 is 5.66. The van der Waals surface area contributed by atoms with Crippen molar-refractivity contribution in [1.82, 2.24) is 0 Å². The molecule has 1 aromatic carbocycles. The van der Waals surface area contributed by atoms with Crippen molar-refractivity contribution in [3.8, 4) is 5.75 Å². The van der Waals surface area contributed by atoms with E-state index >= 15 is 0 Å². The van der Waals surface area contributed by atoms with Crippen LogP contribution < -0.4 is 10.5 Å². The van der Waals surface area contributed by atoms with Gasteiger partial charge in [-0.15, -0.1) is 0 Å². The second kappa shape index (κ2) is 6.21. The number of halogens is 2. The number of hydrogen-bond acceptors (Lipinski definition) is 2. The summed E-state index contributed by atoms with van der Waals surface area (Å²) in [5.74, 6) is 0.672. The van der Waals surface area contributed by atoms with Crippen LogP contribution in [0.15, 0.2) is 18.2 Å². The van der Waals surface area contributed by atoms with Crippen LogP contribution in [0.5, 0.6) is 5.75 Å². The summed E-state index contributed by atoms with van der Waals surface area (Å²) in [5.41, 5.74) is 5.42. The molecule has 2 N–H and O–H groups in total. The lowest BCUT2D eigenvalue weighted by atomic mass is 10.2. The molecule has 0 spiro atoms. The molecular formula is C11H15Cl2NO. The highest BCUT2D eigenvalue weighted by atomic mass is 35.5. The van der Waals surface area contributed by atoms with Gasteiger partial charge in [-0.05, 0) is 44.5 Å². The monoisotopic (exact) mass is 247 g/mol. The van der Waals surface area contributed by atoms with E-state index in [1.165, 1.54) is 0 Å². The van der Waals surface area contributed by atoms with Gasteiger partial charge in [-0.25, -0.2) is 0 Å². The van der Waals surface area contributed by atoms with Crippen molar-refractivity contribution in [2.24, 2.45) is 5.73 Å². The van der Waals surface area contributed by atoms with E-state index in [2.05, 4.69) is 0 Å². The molecule has 0 fully saturated rings. The summed E-state index contributed by atoms with van der Waals surface area (Å²) in [6.45, 7) is 2.68. The molecule has 0 saturated carbocycles. The van der Waals surface area contributed by atoms with Gasteiger partial charge in [0.15, 0.2) is 0 Å². The van der Waals surface area contributed by atoms with E-state index in [0.717, 1.165) is 12.8 Å². The fraction of sp³-hybridized carbons (Fsp3) is 0.455. The minimum Gasteiger partial charge on any atom is -0.489 e. The van der Waals surface area contributed by atoms with Crippen LogP contribution in [-0.2, 0) is 0 Å². The number of ether oxygens (including phenoxy) is 1. The first-order valence-corrected chi connectivity index (χ1v) is 5.71. The quantitative estimate of drug-likeness (QED) is 0.865. The summed E-state index contributed by atoms with van der Waals surface area (Å²) >= 11 is 11.8. The zero-order valence-corrected chi connectivity index (χ0v) is 10.2. The van der Waals surface area contributed by atoms with E-state index in [-0.39, 0.29) is 6.10 Å². The van der Waals surface area contributed by atoms with E-state index in [0.29, 0.717) is 22.3 Å². The first kappa shape index (κ1) is 12.6. The molecule has 4 heteroatoms. The zero-order valence-electron chi connectivity index (χ0n) is 8.67. The second-order valence-electron chi connectivity index (χ2n) is 3.43. The Morgan fingerprint density at radius 1 is 1.40 bits per heavy atom. The topological polar surface area (TPSA) is 35.2 Å². The van der Waals surface area contributed by atoms with E-state index in [9.17, 15) is 0 Å². The Morgan fingerprint density at radius 2 is 2.13 bits per heavy atom. The lowest BCUT2D eigenvalue weighted by molar-refractivity contribution is 0.209. The fourth-order valence-electron chi connectivity index (χ4n) is 1.25. The standard InChI is InChI=1S/C11H15Cl2NO/c1-8(3-2-6-14)15-11-5-4-9(12)7-10(11)13/h4-5,7-8H,2-3,6,14H2,1H3. The zero-order chi connectivity index (χ0) is 11.3. The van der Waals surface area contributed by atoms with E-state index in [1.807, 2.05) is 6.92 Å². The highest BCUT2D eigenvalue weighted by Gasteiger charge is 2.07. The largest absolute Gasteiger partial charge is 0.489 e. The molecule has 0 heterocycles. The first-order chi connectivity index (χ1) is 7.13. The lowest BCUT2D eigenvalue weighted by Gasteiger charge is -2.15. The Morgan fingerprint density at radius 3 is 2.73 bits per heavy atom. The molecule has 15 heavy (non-hydrogen) atoms. The molecule has 84 valence electrons. The van der Waals surface area contributed by atoms with Crippen molar-refractivity contribution in [3.63, 3.8) is 0 Å². The Labute approximate surface area is 100 Å². The SMILES string of the molecule is CC(CCCN)Oc1ccc(Cl)cc1Cl. The van der Waals surface area contributed by atoms with Crippen molar-refractivity contribution in [1.29, 1.82) is 0 Å². The van der Waals surface area contributed by atoms with Crippen molar-refractivity contribution >= 4 is 23.2 Å².